The number of allylic oxidation sites excluding steroid dienone is 14. The lowest BCUT2D eigenvalue weighted by atomic mass is 10.0. The number of phosphoric acid groups is 1. The summed E-state index contributed by atoms with van der Waals surface area (Å²) in [7, 11) is -4.40. The molecule has 0 radical (unpaired) electrons. The van der Waals surface area contributed by atoms with Crippen LogP contribution in [0, 0.1) is 0 Å². The van der Waals surface area contributed by atoms with Crippen LogP contribution < -0.4 is 5.73 Å². The fourth-order valence-corrected chi connectivity index (χ4v) is 13.4. The van der Waals surface area contributed by atoms with Gasteiger partial charge in [-0.2, -0.15) is 0 Å². The van der Waals surface area contributed by atoms with Gasteiger partial charge in [0.05, 0.1) is 13.2 Å². The first-order valence-electron chi connectivity index (χ1n) is 42.1. The normalized spacial score (nSPS) is 13.2. The maximum atomic E-state index is 12.8. The number of rotatable bonds is 80. The summed E-state index contributed by atoms with van der Waals surface area (Å²) < 4.78 is 33.3. The SMILES string of the molecule is CC/C=C\C/C=C\C/C=C\C/C=C\C/C=C\C/C=C\C/C=C\CCCCCCCCCCCCCCCCCCCCCC(=O)OC(COC(=O)CCCCCCCCCCCCCCCCCCCCCCCCCCCCCCCCCCCCC)COP(=O)(O)OCCN. The number of carbonyl (C=O) groups is 2. The van der Waals surface area contributed by atoms with Crippen LogP contribution in [0.5, 0.6) is 0 Å². The second kappa shape index (κ2) is 82.1. The lowest BCUT2D eigenvalue weighted by Gasteiger charge is -2.19. The number of hydrogen-bond acceptors (Lipinski definition) is 8. The van der Waals surface area contributed by atoms with E-state index < -0.39 is 26.5 Å². The van der Waals surface area contributed by atoms with Crippen molar-refractivity contribution < 1.29 is 37.6 Å². The van der Waals surface area contributed by atoms with Gasteiger partial charge in [0.1, 0.15) is 6.61 Å². The van der Waals surface area contributed by atoms with Gasteiger partial charge in [-0.05, 0) is 70.6 Å². The molecule has 0 aliphatic heterocycles. The van der Waals surface area contributed by atoms with E-state index >= 15 is 0 Å². The molecule has 9 nitrogen and oxygen atoms in total. The van der Waals surface area contributed by atoms with Crippen LogP contribution in [0.1, 0.15) is 425 Å². The minimum atomic E-state index is -4.40. The first-order chi connectivity index (χ1) is 47.8. The Balaban J connectivity index is 3.76. The molecule has 0 aromatic rings. The molecule has 2 atom stereocenters. The van der Waals surface area contributed by atoms with Gasteiger partial charge >= 0.3 is 19.8 Å². The number of unbranched alkanes of at least 4 members (excludes halogenated alkanes) is 53. The smallest absolute Gasteiger partial charge is 0.462 e. The highest BCUT2D eigenvalue weighted by Gasteiger charge is 2.26. The standard InChI is InChI=1S/C87H160NO8P/c1-3-5-7-9-11-13-15-17-19-21-23-25-27-29-31-33-35-37-39-40-41-42-43-44-46-48-50-52-54-56-58-60-62-64-66-68-70-72-74-76-78-80-87(90)96-85(84-95-97(91,92)94-82-81-88)83-93-86(89)79-77-75-73-71-69-67-65-63-61-59-57-55-53-51-49-47-45-38-36-34-32-30-28-26-24-22-20-18-16-14-12-10-8-6-4-2/h5,7,11,13,17,19,23,25,29,31,35,37,40-41,85H,3-4,6,8-10,12,14-16,18,20-22,24,26-28,30,32-34,36,38-39,42-84,88H2,1-2H3,(H,91,92)/b7-5-,13-11-,19-17-,25-23-,31-29-,37-35-,41-40-. The van der Waals surface area contributed by atoms with E-state index in [0.29, 0.717) is 6.42 Å². The summed E-state index contributed by atoms with van der Waals surface area (Å²) in [6.45, 7) is 3.71. The van der Waals surface area contributed by atoms with Crippen molar-refractivity contribution in [3.8, 4) is 0 Å². The zero-order valence-corrected chi connectivity index (χ0v) is 65.0. The zero-order chi connectivity index (χ0) is 70.0. The van der Waals surface area contributed by atoms with Crippen LogP contribution in [0.15, 0.2) is 85.1 Å². The van der Waals surface area contributed by atoms with E-state index in [1.54, 1.807) is 0 Å². The van der Waals surface area contributed by atoms with Crippen molar-refractivity contribution in [3.05, 3.63) is 85.1 Å². The van der Waals surface area contributed by atoms with Gasteiger partial charge in [0.25, 0.3) is 0 Å². The predicted octanol–water partition coefficient (Wildman–Crippen LogP) is 28.4. The molecule has 0 bridgehead atoms. The highest BCUT2D eigenvalue weighted by molar-refractivity contribution is 7.47. The Morgan fingerprint density at radius 3 is 0.845 bits per heavy atom. The molecule has 0 fully saturated rings. The number of esters is 2. The van der Waals surface area contributed by atoms with E-state index in [0.717, 1.165) is 77.0 Å². The molecule has 0 amide bonds. The second-order valence-electron chi connectivity index (χ2n) is 28.3. The summed E-state index contributed by atoms with van der Waals surface area (Å²) in [5.41, 5.74) is 5.42. The predicted molar refractivity (Wildman–Crippen MR) is 422 cm³/mol. The van der Waals surface area contributed by atoms with Crippen molar-refractivity contribution in [1.29, 1.82) is 0 Å². The molecule has 0 saturated heterocycles. The molecule has 0 aromatic heterocycles. The van der Waals surface area contributed by atoms with Gasteiger partial charge in [-0.1, -0.05) is 426 Å². The van der Waals surface area contributed by atoms with Crippen molar-refractivity contribution in [2.45, 2.75) is 431 Å². The zero-order valence-electron chi connectivity index (χ0n) is 64.1. The van der Waals surface area contributed by atoms with Crippen molar-refractivity contribution in [2.75, 3.05) is 26.4 Å². The third kappa shape index (κ3) is 82.0. The van der Waals surface area contributed by atoms with Crippen LogP contribution in [0.25, 0.3) is 0 Å². The Bertz CT molecular complexity index is 1870. The number of phosphoric ester groups is 1. The molecule has 0 saturated carbocycles. The third-order valence-electron chi connectivity index (χ3n) is 18.8. The Hall–Kier alpha value is -2.81. The van der Waals surface area contributed by atoms with Gasteiger partial charge in [0, 0.05) is 19.4 Å². The van der Waals surface area contributed by atoms with Crippen molar-refractivity contribution in [1.82, 2.24) is 0 Å². The summed E-state index contributed by atoms with van der Waals surface area (Å²) in [6, 6.07) is 0. The topological polar surface area (TPSA) is 134 Å². The molecule has 2 unspecified atom stereocenters. The molecule has 0 aromatic carbocycles. The average molecular weight is 1380 g/mol. The lowest BCUT2D eigenvalue weighted by Crippen LogP contribution is -2.29. The van der Waals surface area contributed by atoms with Gasteiger partial charge in [0.2, 0.25) is 0 Å². The minimum Gasteiger partial charge on any atom is -0.462 e. The van der Waals surface area contributed by atoms with Crippen LogP contribution in [0.2, 0.25) is 0 Å². The molecule has 0 aliphatic rings. The van der Waals surface area contributed by atoms with Crippen molar-refractivity contribution >= 4 is 19.8 Å². The van der Waals surface area contributed by atoms with Crippen LogP contribution in [-0.4, -0.2) is 49.3 Å². The Labute approximate surface area is 602 Å². The first kappa shape index (κ1) is 94.2. The lowest BCUT2D eigenvalue weighted by molar-refractivity contribution is -0.161. The molecule has 97 heavy (non-hydrogen) atoms. The minimum absolute atomic E-state index is 0.0545. The third-order valence-corrected chi connectivity index (χ3v) is 19.8. The fraction of sp³-hybridized carbons (Fsp3) is 0.816. The van der Waals surface area contributed by atoms with E-state index in [9.17, 15) is 19.0 Å². The van der Waals surface area contributed by atoms with Gasteiger partial charge in [0.15, 0.2) is 6.10 Å². The number of ether oxygens (including phenoxy) is 2. The molecule has 0 spiro atoms. The summed E-state index contributed by atoms with van der Waals surface area (Å²) in [5, 5.41) is 0. The maximum Gasteiger partial charge on any atom is 0.472 e. The van der Waals surface area contributed by atoms with E-state index in [1.165, 1.54) is 315 Å². The highest BCUT2D eigenvalue weighted by atomic mass is 31.2. The van der Waals surface area contributed by atoms with Gasteiger partial charge < -0.3 is 20.1 Å². The van der Waals surface area contributed by atoms with Gasteiger partial charge in [-0.25, -0.2) is 4.57 Å². The molecule has 3 N–H and O–H groups in total. The van der Waals surface area contributed by atoms with Crippen molar-refractivity contribution in [3.63, 3.8) is 0 Å². The number of nitrogens with two attached hydrogens (primary N) is 1. The fourth-order valence-electron chi connectivity index (χ4n) is 12.6. The van der Waals surface area contributed by atoms with Crippen LogP contribution in [0.3, 0.4) is 0 Å². The molecular weight excluding hydrogens is 1220 g/mol. The molecule has 0 rings (SSSR count). The van der Waals surface area contributed by atoms with E-state index in [-0.39, 0.29) is 38.6 Å². The molecule has 0 heterocycles. The summed E-state index contributed by atoms with van der Waals surface area (Å²) >= 11 is 0. The van der Waals surface area contributed by atoms with Crippen molar-refractivity contribution in [2.24, 2.45) is 5.73 Å². The quantitative estimate of drug-likeness (QED) is 0.0264. The van der Waals surface area contributed by atoms with E-state index in [2.05, 4.69) is 98.9 Å². The molecule has 0 aliphatic carbocycles. The maximum absolute atomic E-state index is 12.8. The molecule has 566 valence electrons. The highest BCUT2D eigenvalue weighted by Crippen LogP contribution is 2.43. The monoisotopic (exact) mass is 1380 g/mol. The van der Waals surface area contributed by atoms with E-state index in [1.807, 2.05) is 0 Å². The number of hydrogen-bond donors (Lipinski definition) is 2. The summed E-state index contributed by atoms with van der Waals surface area (Å²) in [6.07, 6.45) is 112. The van der Waals surface area contributed by atoms with Crippen LogP contribution in [0.4, 0.5) is 0 Å². The van der Waals surface area contributed by atoms with E-state index in [4.69, 9.17) is 24.3 Å². The van der Waals surface area contributed by atoms with Crippen LogP contribution in [-0.2, 0) is 32.7 Å². The summed E-state index contributed by atoms with van der Waals surface area (Å²) in [4.78, 5) is 35.5. The largest absolute Gasteiger partial charge is 0.472 e. The Morgan fingerprint density at radius 1 is 0.320 bits per heavy atom. The summed E-state index contributed by atoms with van der Waals surface area (Å²) in [5.74, 6) is -0.805. The van der Waals surface area contributed by atoms with Gasteiger partial charge in [-0.3, -0.25) is 18.6 Å². The van der Waals surface area contributed by atoms with Crippen LogP contribution >= 0.6 is 7.82 Å². The van der Waals surface area contributed by atoms with Gasteiger partial charge in [-0.15, -0.1) is 0 Å². The Morgan fingerprint density at radius 2 is 0.567 bits per heavy atom. The molecule has 10 heteroatoms. The first-order valence-corrected chi connectivity index (χ1v) is 43.6. The Kier molecular flexibility index (Phi) is 79.8. The average Bonchev–Trinajstić information content (AvgIpc) is 2.57. The number of carbonyl (C=O) groups excluding carboxylic acids is 2. The second-order valence-corrected chi connectivity index (χ2v) is 29.8. The molecular formula is C87H160NO8P.